The molecule has 0 radical (unpaired) electrons. The number of amides is 2. The lowest BCUT2D eigenvalue weighted by atomic mass is 9.94. The Labute approximate surface area is 200 Å². The molecule has 0 aromatic heterocycles. The van der Waals surface area contributed by atoms with Gasteiger partial charge in [0.2, 0.25) is 11.8 Å². The van der Waals surface area contributed by atoms with Gasteiger partial charge in [-0.1, -0.05) is 30.3 Å². The SMILES string of the molecule is O=C(CCOc1ccccc1)N1CCC(C(=O)N(Cc2cccc(F)c2)CC2CCCO2)CC1. The zero-order valence-corrected chi connectivity index (χ0v) is 19.5. The molecule has 6 nitrogen and oxygen atoms in total. The van der Waals surface area contributed by atoms with Crippen molar-refractivity contribution < 1.29 is 23.5 Å². The zero-order chi connectivity index (χ0) is 23.8. The van der Waals surface area contributed by atoms with Crippen molar-refractivity contribution in [3.63, 3.8) is 0 Å². The fourth-order valence-corrected chi connectivity index (χ4v) is 4.69. The average molecular weight is 469 g/mol. The maximum Gasteiger partial charge on any atom is 0.226 e. The summed E-state index contributed by atoms with van der Waals surface area (Å²) in [4.78, 5) is 29.7. The van der Waals surface area contributed by atoms with Gasteiger partial charge >= 0.3 is 0 Å². The predicted octanol–water partition coefficient (Wildman–Crippen LogP) is 4.04. The van der Waals surface area contributed by atoms with Crippen LogP contribution in [-0.4, -0.2) is 60.6 Å². The first-order chi connectivity index (χ1) is 16.6. The van der Waals surface area contributed by atoms with Gasteiger partial charge in [0.25, 0.3) is 0 Å². The van der Waals surface area contributed by atoms with Crippen LogP contribution in [-0.2, 0) is 20.9 Å². The Hall–Kier alpha value is -2.93. The van der Waals surface area contributed by atoms with Crippen molar-refractivity contribution in [3.05, 3.63) is 66.0 Å². The van der Waals surface area contributed by atoms with Gasteiger partial charge in [-0.2, -0.15) is 0 Å². The highest BCUT2D eigenvalue weighted by Crippen LogP contribution is 2.24. The Bertz CT molecular complexity index is 941. The van der Waals surface area contributed by atoms with Gasteiger partial charge in [0.15, 0.2) is 0 Å². The number of hydrogen-bond donors (Lipinski definition) is 0. The Morgan fingerprint density at radius 3 is 2.56 bits per heavy atom. The highest BCUT2D eigenvalue weighted by atomic mass is 19.1. The fourth-order valence-electron chi connectivity index (χ4n) is 4.69. The van der Waals surface area contributed by atoms with Crippen molar-refractivity contribution >= 4 is 11.8 Å². The summed E-state index contributed by atoms with van der Waals surface area (Å²) in [6.45, 7) is 3.08. The molecule has 4 rings (SSSR count). The molecule has 2 fully saturated rings. The molecule has 1 unspecified atom stereocenters. The number of hydrogen-bond acceptors (Lipinski definition) is 4. The van der Waals surface area contributed by atoms with E-state index in [1.165, 1.54) is 12.1 Å². The number of carbonyl (C=O) groups excluding carboxylic acids is 2. The van der Waals surface area contributed by atoms with E-state index in [1.54, 1.807) is 6.07 Å². The van der Waals surface area contributed by atoms with E-state index in [-0.39, 0.29) is 29.7 Å². The number of benzene rings is 2. The molecule has 0 N–H and O–H groups in total. The van der Waals surface area contributed by atoms with Crippen molar-refractivity contribution in [2.24, 2.45) is 5.92 Å². The molecular weight excluding hydrogens is 435 g/mol. The molecule has 34 heavy (non-hydrogen) atoms. The molecule has 2 amide bonds. The summed E-state index contributed by atoms with van der Waals surface area (Å²) in [5.74, 6) is 0.436. The van der Waals surface area contributed by atoms with Crippen LogP contribution >= 0.6 is 0 Å². The standard InChI is InChI=1S/C27H33FN2O4/c28-23-7-4-6-21(18-23)19-30(20-25-10-5-16-33-25)27(32)22-11-14-29(15-12-22)26(31)13-17-34-24-8-2-1-3-9-24/h1-4,6-9,18,22,25H,5,10-17,19-20H2. The summed E-state index contributed by atoms with van der Waals surface area (Å²) in [5.41, 5.74) is 0.775. The second-order valence-corrected chi connectivity index (χ2v) is 9.05. The molecule has 0 saturated carbocycles. The zero-order valence-electron chi connectivity index (χ0n) is 19.5. The van der Waals surface area contributed by atoms with Crippen LogP contribution in [0.1, 0.15) is 37.7 Å². The third-order valence-corrected chi connectivity index (χ3v) is 6.55. The van der Waals surface area contributed by atoms with Gasteiger partial charge < -0.3 is 19.3 Å². The van der Waals surface area contributed by atoms with Crippen LogP contribution in [0.5, 0.6) is 5.75 Å². The monoisotopic (exact) mass is 468 g/mol. The number of piperidine rings is 1. The number of ether oxygens (including phenoxy) is 2. The predicted molar refractivity (Wildman–Crippen MR) is 127 cm³/mol. The smallest absolute Gasteiger partial charge is 0.226 e. The maximum absolute atomic E-state index is 13.7. The van der Waals surface area contributed by atoms with Crippen LogP contribution in [0.3, 0.4) is 0 Å². The second kappa shape index (κ2) is 12.0. The molecule has 0 aliphatic carbocycles. The molecule has 2 aliphatic heterocycles. The minimum atomic E-state index is -0.301. The van der Waals surface area contributed by atoms with Crippen molar-refractivity contribution in [2.45, 2.75) is 44.8 Å². The topological polar surface area (TPSA) is 59.1 Å². The Balaban J connectivity index is 1.28. The molecule has 0 spiro atoms. The largest absolute Gasteiger partial charge is 0.493 e. The first-order valence-corrected chi connectivity index (χ1v) is 12.2. The Morgan fingerprint density at radius 1 is 1.06 bits per heavy atom. The van der Waals surface area contributed by atoms with Gasteiger partial charge in [0.05, 0.1) is 19.1 Å². The Kier molecular flexibility index (Phi) is 8.52. The van der Waals surface area contributed by atoms with E-state index in [4.69, 9.17) is 9.47 Å². The number of rotatable bonds is 9. The molecule has 2 heterocycles. The van der Waals surface area contributed by atoms with Gasteiger partial charge in [-0.15, -0.1) is 0 Å². The molecule has 2 saturated heterocycles. The first-order valence-electron chi connectivity index (χ1n) is 12.2. The lowest BCUT2D eigenvalue weighted by molar-refractivity contribution is -0.142. The first kappa shape index (κ1) is 24.2. The summed E-state index contributed by atoms with van der Waals surface area (Å²) in [7, 11) is 0. The van der Waals surface area contributed by atoms with E-state index in [1.807, 2.05) is 46.2 Å². The van der Waals surface area contributed by atoms with E-state index >= 15 is 0 Å². The molecular formula is C27H33FN2O4. The normalized spacial score (nSPS) is 18.6. The van der Waals surface area contributed by atoms with Gasteiger partial charge in [-0.25, -0.2) is 4.39 Å². The van der Waals surface area contributed by atoms with Gasteiger partial charge in [-0.3, -0.25) is 9.59 Å². The Morgan fingerprint density at radius 2 is 1.85 bits per heavy atom. The van der Waals surface area contributed by atoms with Crippen LogP contribution in [0.25, 0.3) is 0 Å². The highest BCUT2D eigenvalue weighted by Gasteiger charge is 2.32. The summed E-state index contributed by atoms with van der Waals surface area (Å²) in [5, 5.41) is 0. The molecule has 182 valence electrons. The average Bonchev–Trinajstić information content (AvgIpc) is 3.37. The van der Waals surface area contributed by atoms with Crippen molar-refractivity contribution in [1.82, 2.24) is 9.80 Å². The van der Waals surface area contributed by atoms with Crippen LogP contribution < -0.4 is 4.74 Å². The minimum Gasteiger partial charge on any atom is -0.493 e. The highest BCUT2D eigenvalue weighted by molar-refractivity contribution is 5.80. The summed E-state index contributed by atoms with van der Waals surface area (Å²) in [6, 6.07) is 15.9. The molecule has 0 bridgehead atoms. The van der Waals surface area contributed by atoms with Crippen LogP contribution in [0.4, 0.5) is 4.39 Å². The van der Waals surface area contributed by atoms with E-state index in [0.717, 1.165) is 30.8 Å². The molecule has 2 aliphatic rings. The van der Waals surface area contributed by atoms with E-state index < -0.39 is 0 Å². The summed E-state index contributed by atoms with van der Waals surface area (Å²) >= 11 is 0. The summed E-state index contributed by atoms with van der Waals surface area (Å²) in [6.07, 6.45) is 3.55. The van der Waals surface area contributed by atoms with Crippen molar-refractivity contribution in [3.8, 4) is 5.75 Å². The molecule has 7 heteroatoms. The minimum absolute atomic E-state index is 0.0313. The number of nitrogens with zero attached hydrogens (tertiary/aromatic N) is 2. The number of halogens is 1. The summed E-state index contributed by atoms with van der Waals surface area (Å²) < 4.78 is 25.1. The van der Waals surface area contributed by atoms with Gasteiger partial charge in [-0.05, 0) is 55.5 Å². The molecule has 1 atom stereocenters. The van der Waals surface area contributed by atoms with Crippen LogP contribution in [0.15, 0.2) is 54.6 Å². The third kappa shape index (κ3) is 6.79. The second-order valence-electron chi connectivity index (χ2n) is 9.05. The van der Waals surface area contributed by atoms with Crippen LogP contribution in [0.2, 0.25) is 0 Å². The van der Waals surface area contributed by atoms with Gasteiger partial charge in [0, 0.05) is 38.7 Å². The fraction of sp³-hybridized carbons (Fsp3) is 0.481. The molecule has 2 aromatic carbocycles. The quantitative estimate of drug-likeness (QED) is 0.557. The number of likely N-dealkylation sites (tertiary alicyclic amines) is 1. The van der Waals surface area contributed by atoms with E-state index in [2.05, 4.69) is 0 Å². The number of para-hydroxylation sites is 1. The van der Waals surface area contributed by atoms with Gasteiger partial charge in [0.1, 0.15) is 11.6 Å². The van der Waals surface area contributed by atoms with Crippen molar-refractivity contribution in [1.29, 1.82) is 0 Å². The maximum atomic E-state index is 13.7. The lowest BCUT2D eigenvalue weighted by Gasteiger charge is -2.35. The third-order valence-electron chi connectivity index (χ3n) is 6.55. The lowest BCUT2D eigenvalue weighted by Crippen LogP contribution is -2.46. The van der Waals surface area contributed by atoms with Crippen LogP contribution in [0, 0.1) is 11.7 Å². The van der Waals surface area contributed by atoms with E-state index in [9.17, 15) is 14.0 Å². The number of carbonyl (C=O) groups is 2. The van der Waals surface area contributed by atoms with E-state index in [0.29, 0.717) is 52.0 Å². The molecule has 2 aromatic rings. The van der Waals surface area contributed by atoms with Crippen molar-refractivity contribution in [2.75, 3.05) is 32.8 Å².